The SMILES string of the molecule is Cc1cc(C(C)(C)C)nc2oc3c(-c4ccccn4)[c-]ccc3c12.[2H]C(C)(C)c1c[c-]c(-c2ccccn2)c2oc3nc(C)ccc3c12.[2H]C(C)(C)c1cc(C)nc2oc3c(-c4ccccn4)[c-]ccc3c12.[2H]C([2H])([2H])c1cc(C)nc2oc3c(-c4ccccn4)[c-]cc(C([2H])([2H])[2H])c3c12.[Ir].[Ir].[Ir].[Ir].[c-]1ccccc1-c1ccccn1.[c-]1ccccc1-c1ccccn1.[c-]1ccccc1-c1ccccn1.[c-]1ccccc1-c1ccccn1. The summed E-state index contributed by atoms with van der Waals surface area (Å²) in [5.74, 6) is -1.51. The second-order valence-corrected chi connectivity index (χ2v) is 34.0. The molecule has 0 aliphatic carbocycles. The fraction of sp³-hybridized carbons (Fsp3) is 0.129. The molecule has 24 aromatic rings. The summed E-state index contributed by atoms with van der Waals surface area (Å²) in [6, 6.07) is 123. The maximum absolute atomic E-state index is 8.49. The molecule has 16 heterocycles. The van der Waals surface area contributed by atoms with Gasteiger partial charge in [0.05, 0.1) is 28.0 Å². The minimum absolute atomic E-state index is 0. The van der Waals surface area contributed by atoms with Crippen LogP contribution in [0.2, 0.25) is 0 Å². The van der Waals surface area contributed by atoms with Gasteiger partial charge in [-0.3, -0.25) is 0 Å². The van der Waals surface area contributed by atoms with Crippen LogP contribution in [0.1, 0.15) is 122 Å². The molecule has 0 aliphatic heterocycles. The summed E-state index contributed by atoms with van der Waals surface area (Å²) in [5.41, 5.74) is 24.5. The number of pyridine rings is 12. The normalized spacial score (nSPS) is 11.9. The first-order valence-electron chi connectivity index (χ1n) is 49.5. The second-order valence-electron chi connectivity index (χ2n) is 34.0. The minimum Gasteiger partial charge on any atom is -0.486 e. The Kier molecular flexibility index (Phi) is 33.4. The van der Waals surface area contributed by atoms with Crippen molar-refractivity contribution in [3.63, 3.8) is 0 Å². The molecule has 16 aromatic heterocycles. The summed E-state index contributed by atoms with van der Waals surface area (Å²) in [6.07, 6.45) is 14.0. The monoisotopic (exact) mass is 2600 g/mol. The average Bonchev–Trinajstić information content (AvgIpc) is 1.54. The van der Waals surface area contributed by atoms with E-state index in [1.165, 1.54) is 17.7 Å². The van der Waals surface area contributed by atoms with Crippen LogP contribution in [0, 0.1) is 89.9 Å². The molecule has 144 heavy (non-hydrogen) atoms. The molecule has 0 fully saturated rings. The molecule has 0 aliphatic rings. The molecule has 724 valence electrons. The maximum Gasteiger partial charge on any atom is 0.216 e. The van der Waals surface area contributed by atoms with Gasteiger partial charge in [0.25, 0.3) is 0 Å². The van der Waals surface area contributed by atoms with E-state index < -0.39 is 25.5 Å². The molecule has 0 saturated carbocycles. The number of aromatic nitrogens is 12. The molecule has 0 atom stereocenters. The molecule has 0 amide bonds. The number of fused-ring (bicyclic) bond motifs is 12. The number of nitrogens with zero attached hydrogens (tertiary/aromatic N) is 12. The van der Waals surface area contributed by atoms with Gasteiger partial charge in [0.15, 0.2) is 0 Å². The van der Waals surface area contributed by atoms with E-state index in [1.807, 2.05) is 315 Å². The largest absolute Gasteiger partial charge is 0.486 e. The van der Waals surface area contributed by atoms with Gasteiger partial charge in [-0.25, -0.2) is 19.9 Å². The fourth-order valence-corrected chi connectivity index (χ4v) is 15.8. The number of benzene rings is 8. The third-order valence-electron chi connectivity index (χ3n) is 22.5. The molecule has 0 saturated heterocycles. The average molecular weight is 2600 g/mol. The molecule has 24 rings (SSSR count). The van der Waals surface area contributed by atoms with Gasteiger partial charge in [0.1, 0.15) is 0 Å². The van der Waals surface area contributed by atoms with E-state index in [4.69, 9.17) is 33.6 Å². The summed E-state index contributed by atoms with van der Waals surface area (Å²) in [4.78, 5) is 52.6. The van der Waals surface area contributed by atoms with E-state index in [0.717, 1.165) is 150 Å². The molecule has 0 N–H and O–H groups in total. The van der Waals surface area contributed by atoms with Crippen LogP contribution in [0.3, 0.4) is 0 Å². The maximum atomic E-state index is 8.49. The fourth-order valence-electron chi connectivity index (χ4n) is 15.8. The standard InChI is InChI=1S/C21H19N2O.2C20H17N2O.C19H15N2O.4C11H8N.4Ir/c1-13-12-17(21(2,3)4)23-20-18(13)15-9-7-8-14(19(15)24-20)16-10-5-6-11-22-16;1-12(2)16-11-13(3)22-20-18(16)15-8-6-7-14(19(15)23-20)17-9-4-5-10-21-17;1-12(2)14-9-10-15(17-6-4-5-11-21-17)19-18(14)16-8-7-13(3)22-20(16)23-19;1-11-7-8-14(15-6-4-5-9-20-15)18-16(11)17-12(2)10-13(3)21-19(17)22-18;4*1-2-6-10(7-3-1)11-8-4-5-9-12-11;;;;/h5-7,9-12H,1-4H3;4-6,8-12H,1-3H3;4-9,11-12H,1-3H3;4-7,9-10H,1-3H3;4*1-6,8-9H;;;;/q8*-1;;;;/i;2*12D;1D3,2D3;;;;;;;;. The molecule has 16 nitrogen and oxygen atoms in total. The van der Waals surface area contributed by atoms with Gasteiger partial charge in [-0.05, 0) is 182 Å². The molecule has 20 heteroatoms. The quantitative estimate of drug-likeness (QED) is 0.117. The first kappa shape index (κ1) is 95.5. The Labute approximate surface area is 905 Å². The Bertz CT molecular complexity index is 8180. The summed E-state index contributed by atoms with van der Waals surface area (Å²) < 4.78 is 88.7. The zero-order chi connectivity index (χ0) is 104. The van der Waals surface area contributed by atoms with Crippen LogP contribution in [0.25, 0.3) is 178 Å². The third kappa shape index (κ3) is 25.5. The molecule has 0 bridgehead atoms. The smallest absolute Gasteiger partial charge is 0.216 e. The number of hydrogen-bond acceptors (Lipinski definition) is 16. The van der Waals surface area contributed by atoms with Crippen molar-refractivity contribution < 1.29 is 109 Å². The number of aryl methyl sites for hydroxylation is 6. The topological polar surface area (TPSA) is 207 Å². The Hall–Kier alpha value is -14.6. The predicted molar refractivity (Wildman–Crippen MR) is 564 cm³/mol. The summed E-state index contributed by atoms with van der Waals surface area (Å²) in [5, 5.41) is 6.26. The van der Waals surface area contributed by atoms with E-state index in [9.17, 15) is 0 Å². The van der Waals surface area contributed by atoms with Crippen LogP contribution in [-0.4, -0.2) is 59.8 Å². The Morgan fingerprint density at radius 1 is 0.271 bits per heavy atom. The van der Waals surface area contributed by atoms with Crippen LogP contribution < -0.4 is 0 Å². The van der Waals surface area contributed by atoms with E-state index in [1.54, 1.807) is 74.7 Å². The van der Waals surface area contributed by atoms with Crippen molar-refractivity contribution >= 4 is 88.3 Å². The van der Waals surface area contributed by atoms with Crippen molar-refractivity contribution in [2.45, 2.75) is 107 Å². The zero-order valence-corrected chi connectivity index (χ0v) is 90.0. The van der Waals surface area contributed by atoms with Crippen LogP contribution >= 0.6 is 0 Å². The molecule has 0 spiro atoms. The first-order chi connectivity index (χ1) is 71.3. The van der Waals surface area contributed by atoms with Crippen molar-refractivity contribution in [3.05, 3.63) is 458 Å². The second kappa shape index (κ2) is 50.3. The summed E-state index contributed by atoms with van der Waals surface area (Å²) >= 11 is 0. The van der Waals surface area contributed by atoms with Crippen molar-refractivity contribution in [1.29, 1.82) is 0 Å². The third-order valence-corrected chi connectivity index (χ3v) is 22.5. The number of hydrogen-bond donors (Lipinski definition) is 0. The van der Waals surface area contributed by atoms with Gasteiger partial charge >= 0.3 is 0 Å². The molecule has 8 aromatic carbocycles. The van der Waals surface area contributed by atoms with E-state index in [-0.39, 0.29) is 119 Å². The van der Waals surface area contributed by atoms with Crippen molar-refractivity contribution in [1.82, 2.24) is 59.8 Å². The van der Waals surface area contributed by atoms with Gasteiger partial charge in [-0.1, -0.05) is 202 Å². The van der Waals surface area contributed by atoms with E-state index in [2.05, 4.69) is 137 Å². The van der Waals surface area contributed by atoms with Crippen molar-refractivity contribution in [2.24, 2.45) is 0 Å². The molecule has 4 radical (unpaired) electrons. The van der Waals surface area contributed by atoms with Crippen molar-refractivity contribution in [2.75, 3.05) is 0 Å². The summed E-state index contributed by atoms with van der Waals surface area (Å²) in [7, 11) is 0. The predicted octanol–water partition coefficient (Wildman–Crippen LogP) is 31.0. The zero-order valence-electron chi connectivity index (χ0n) is 88.4. The van der Waals surface area contributed by atoms with Crippen LogP contribution in [0.4, 0.5) is 0 Å². The van der Waals surface area contributed by atoms with Crippen LogP contribution in [0.15, 0.2) is 377 Å². The molecular formula is C124H100Ir4N12O4-8. The van der Waals surface area contributed by atoms with Crippen LogP contribution in [-0.2, 0) is 85.8 Å². The molecular weight excluding hydrogens is 2490 g/mol. The van der Waals surface area contributed by atoms with Gasteiger partial charge in [-0.15, -0.1) is 215 Å². The van der Waals surface area contributed by atoms with Gasteiger partial charge in [0, 0.05) is 185 Å². The molecule has 0 unspecified atom stereocenters. The minimum atomic E-state index is -2.48. The Morgan fingerprint density at radius 2 is 0.611 bits per heavy atom. The van der Waals surface area contributed by atoms with Crippen molar-refractivity contribution in [3.8, 4) is 90.1 Å². The van der Waals surface area contributed by atoms with Crippen LogP contribution in [0.5, 0.6) is 0 Å². The van der Waals surface area contributed by atoms with E-state index in [0.29, 0.717) is 39.7 Å². The Morgan fingerprint density at radius 3 is 0.986 bits per heavy atom. The Balaban J connectivity index is 0.000000147. The van der Waals surface area contributed by atoms with E-state index >= 15 is 0 Å². The van der Waals surface area contributed by atoms with Gasteiger partial charge < -0.3 is 57.5 Å². The summed E-state index contributed by atoms with van der Waals surface area (Å²) in [6.45, 7) is 16.7. The number of furan rings is 4. The first-order valence-corrected chi connectivity index (χ1v) is 45.5. The van der Waals surface area contributed by atoms with Gasteiger partial charge in [-0.2, -0.15) is 0 Å². The van der Waals surface area contributed by atoms with Gasteiger partial charge in [0.2, 0.25) is 22.9 Å². The number of rotatable bonds is 10.